The first kappa shape index (κ1) is 16.2. The van der Waals surface area contributed by atoms with E-state index in [-0.39, 0.29) is 22.1 Å². The van der Waals surface area contributed by atoms with E-state index in [2.05, 4.69) is 15.5 Å². The van der Waals surface area contributed by atoms with Crippen molar-refractivity contribution < 1.29 is 18.0 Å². The van der Waals surface area contributed by atoms with E-state index >= 15 is 0 Å². The number of nitrogens with one attached hydrogen (secondary N) is 1. The van der Waals surface area contributed by atoms with Gasteiger partial charge in [-0.15, -0.1) is 10.2 Å². The van der Waals surface area contributed by atoms with Crippen molar-refractivity contribution in [2.75, 3.05) is 5.32 Å². The third kappa shape index (κ3) is 2.61. The van der Waals surface area contributed by atoms with Gasteiger partial charge in [-0.2, -0.15) is 0 Å². The van der Waals surface area contributed by atoms with Crippen LogP contribution in [-0.2, 0) is 16.4 Å². The molecule has 2 heterocycles. The van der Waals surface area contributed by atoms with Gasteiger partial charge in [-0.05, 0) is 37.5 Å². The maximum absolute atomic E-state index is 12.6. The molecule has 1 aromatic carbocycles. The molecule has 0 unspecified atom stereocenters. The van der Waals surface area contributed by atoms with Gasteiger partial charge in [0.05, 0.1) is 5.56 Å². The summed E-state index contributed by atoms with van der Waals surface area (Å²) in [5.74, 6) is -1.00. The summed E-state index contributed by atoms with van der Waals surface area (Å²) in [6.45, 7) is 1.93. The molecule has 2 aliphatic rings. The number of hydrogen-bond donors (Lipinski definition) is 1. The predicted octanol–water partition coefficient (Wildman–Crippen LogP) is 1.66. The second-order valence-electron chi connectivity index (χ2n) is 5.86. The highest BCUT2D eigenvalue weighted by Crippen LogP contribution is 2.39. The molecule has 0 spiro atoms. The number of carbonyl (C=O) groups is 2. The SMILES string of the molecule is CCc1nnc(NC(=O)c2ccc3c(c2)S(=O)(=O)N(C2CC2)C3=O)s1. The molecular weight excluding hydrogens is 364 g/mol. The van der Waals surface area contributed by atoms with E-state index in [0.29, 0.717) is 24.4 Å². The van der Waals surface area contributed by atoms with Crippen molar-refractivity contribution in [3.05, 3.63) is 34.3 Å². The summed E-state index contributed by atoms with van der Waals surface area (Å²) in [5.41, 5.74) is 0.272. The summed E-state index contributed by atoms with van der Waals surface area (Å²) in [6.07, 6.45) is 2.08. The Hall–Kier alpha value is -2.33. The van der Waals surface area contributed by atoms with Crippen LogP contribution in [0.15, 0.2) is 23.1 Å². The van der Waals surface area contributed by atoms with Gasteiger partial charge in [0.1, 0.15) is 9.90 Å². The van der Waals surface area contributed by atoms with E-state index < -0.39 is 21.8 Å². The molecule has 0 atom stereocenters. The highest BCUT2D eigenvalue weighted by molar-refractivity contribution is 7.90. The molecule has 25 heavy (non-hydrogen) atoms. The summed E-state index contributed by atoms with van der Waals surface area (Å²) >= 11 is 1.26. The molecule has 1 N–H and O–H groups in total. The zero-order valence-corrected chi connectivity index (χ0v) is 14.9. The molecule has 0 bridgehead atoms. The molecule has 1 aliphatic heterocycles. The molecule has 1 aliphatic carbocycles. The Kier molecular flexibility index (Phi) is 3.62. The van der Waals surface area contributed by atoms with E-state index in [1.54, 1.807) is 0 Å². The summed E-state index contributed by atoms with van der Waals surface area (Å²) in [4.78, 5) is 24.6. The fourth-order valence-electron chi connectivity index (χ4n) is 2.67. The number of benzene rings is 1. The molecular formula is C15H14N4O4S2. The van der Waals surface area contributed by atoms with Crippen LogP contribution in [0.2, 0.25) is 0 Å². The standard InChI is InChI=1S/C15H14N4O4S2/c1-2-12-17-18-15(24-12)16-13(20)8-3-6-10-11(7-8)25(22,23)19(14(10)21)9-4-5-9/h3,6-7,9H,2,4-5H2,1H3,(H,16,18,20). The van der Waals surface area contributed by atoms with Gasteiger partial charge >= 0.3 is 0 Å². The van der Waals surface area contributed by atoms with Gasteiger partial charge in [0.15, 0.2) is 0 Å². The Morgan fingerprint density at radius 1 is 1.36 bits per heavy atom. The molecule has 2 aromatic rings. The first-order valence-corrected chi connectivity index (χ1v) is 10.0. The fourth-order valence-corrected chi connectivity index (χ4v) is 5.19. The van der Waals surface area contributed by atoms with Crippen LogP contribution < -0.4 is 5.32 Å². The second-order valence-corrected chi connectivity index (χ2v) is 8.70. The zero-order valence-electron chi connectivity index (χ0n) is 13.2. The number of carbonyl (C=O) groups excluding carboxylic acids is 2. The smallest absolute Gasteiger partial charge is 0.269 e. The average molecular weight is 378 g/mol. The van der Waals surface area contributed by atoms with Crippen molar-refractivity contribution in [3.63, 3.8) is 0 Å². The summed E-state index contributed by atoms with van der Waals surface area (Å²) in [6, 6.07) is 3.84. The lowest BCUT2D eigenvalue weighted by molar-refractivity contribution is 0.0864. The molecule has 1 fully saturated rings. The Morgan fingerprint density at radius 3 is 2.76 bits per heavy atom. The number of anilines is 1. The Morgan fingerprint density at radius 2 is 2.12 bits per heavy atom. The van der Waals surface area contributed by atoms with Crippen LogP contribution in [0.25, 0.3) is 0 Å². The summed E-state index contributed by atoms with van der Waals surface area (Å²) in [7, 11) is -3.88. The van der Waals surface area contributed by atoms with Gasteiger partial charge in [-0.3, -0.25) is 14.9 Å². The van der Waals surface area contributed by atoms with E-state index in [1.165, 1.54) is 29.5 Å². The van der Waals surface area contributed by atoms with Gasteiger partial charge in [0.25, 0.3) is 21.8 Å². The number of nitrogens with zero attached hydrogens (tertiary/aromatic N) is 3. The molecule has 2 amide bonds. The average Bonchev–Trinajstić information content (AvgIpc) is 3.26. The van der Waals surface area contributed by atoms with Gasteiger partial charge in [0.2, 0.25) is 5.13 Å². The lowest BCUT2D eigenvalue weighted by atomic mass is 10.1. The van der Waals surface area contributed by atoms with Gasteiger partial charge in [0, 0.05) is 11.6 Å². The molecule has 1 aromatic heterocycles. The fraction of sp³-hybridized carbons (Fsp3) is 0.333. The van der Waals surface area contributed by atoms with Crippen molar-refractivity contribution >= 4 is 38.3 Å². The number of sulfonamides is 1. The van der Waals surface area contributed by atoms with Crippen molar-refractivity contribution in [1.29, 1.82) is 0 Å². The molecule has 10 heteroatoms. The molecule has 1 saturated carbocycles. The minimum Gasteiger partial charge on any atom is -0.296 e. The van der Waals surface area contributed by atoms with Crippen LogP contribution in [-0.4, -0.2) is 40.8 Å². The van der Waals surface area contributed by atoms with Crippen LogP contribution in [0.1, 0.15) is 45.5 Å². The highest BCUT2D eigenvalue weighted by Gasteiger charge is 2.48. The van der Waals surface area contributed by atoms with Crippen molar-refractivity contribution in [2.45, 2.75) is 37.1 Å². The third-order valence-electron chi connectivity index (χ3n) is 4.08. The largest absolute Gasteiger partial charge is 0.296 e. The molecule has 8 nitrogen and oxygen atoms in total. The van der Waals surface area contributed by atoms with Crippen LogP contribution in [0.4, 0.5) is 5.13 Å². The van der Waals surface area contributed by atoms with E-state index in [4.69, 9.17) is 0 Å². The van der Waals surface area contributed by atoms with E-state index in [1.807, 2.05) is 6.92 Å². The topological polar surface area (TPSA) is 109 Å². The lowest BCUT2D eigenvalue weighted by Gasteiger charge is -2.13. The predicted molar refractivity (Wildman–Crippen MR) is 90.1 cm³/mol. The van der Waals surface area contributed by atoms with Crippen LogP contribution in [0.5, 0.6) is 0 Å². The Bertz CT molecular complexity index is 995. The molecule has 0 radical (unpaired) electrons. The second kappa shape index (κ2) is 5.60. The van der Waals surface area contributed by atoms with Crippen molar-refractivity contribution in [1.82, 2.24) is 14.5 Å². The first-order valence-electron chi connectivity index (χ1n) is 7.78. The first-order chi connectivity index (χ1) is 11.9. The number of amides is 2. The van der Waals surface area contributed by atoms with Gasteiger partial charge < -0.3 is 0 Å². The van der Waals surface area contributed by atoms with Crippen molar-refractivity contribution in [3.8, 4) is 0 Å². The lowest BCUT2D eigenvalue weighted by Crippen LogP contribution is -2.31. The minimum absolute atomic E-state index is 0.108. The van der Waals surface area contributed by atoms with Crippen molar-refractivity contribution in [2.24, 2.45) is 0 Å². The third-order valence-corrected chi connectivity index (χ3v) is 6.94. The maximum Gasteiger partial charge on any atom is 0.269 e. The monoisotopic (exact) mass is 378 g/mol. The van der Waals surface area contributed by atoms with E-state index in [9.17, 15) is 18.0 Å². The Balaban J connectivity index is 1.64. The molecule has 4 rings (SSSR count). The van der Waals surface area contributed by atoms with Gasteiger partial charge in [-0.25, -0.2) is 12.7 Å². The number of aromatic nitrogens is 2. The molecule has 0 saturated heterocycles. The van der Waals surface area contributed by atoms with Gasteiger partial charge in [-0.1, -0.05) is 18.3 Å². The number of hydrogen-bond acceptors (Lipinski definition) is 7. The van der Waals surface area contributed by atoms with Crippen LogP contribution in [0, 0.1) is 0 Å². The number of rotatable bonds is 4. The summed E-state index contributed by atoms with van der Waals surface area (Å²) in [5, 5.41) is 11.5. The maximum atomic E-state index is 12.6. The minimum atomic E-state index is -3.88. The normalized spacial score (nSPS) is 18.3. The Labute approximate surface area is 147 Å². The van der Waals surface area contributed by atoms with Crippen LogP contribution >= 0.6 is 11.3 Å². The highest BCUT2D eigenvalue weighted by atomic mass is 32.2. The summed E-state index contributed by atoms with van der Waals surface area (Å²) < 4.78 is 26.2. The number of fused-ring (bicyclic) bond motifs is 1. The zero-order chi connectivity index (χ0) is 17.8. The molecule has 130 valence electrons. The van der Waals surface area contributed by atoms with E-state index in [0.717, 1.165) is 9.31 Å². The number of aryl methyl sites for hydroxylation is 1. The van der Waals surface area contributed by atoms with Crippen LogP contribution in [0.3, 0.4) is 0 Å². The quantitative estimate of drug-likeness (QED) is 0.866.